The van der Waals surface area contributed by atoms with E-state index < -0.39 is 13.9 Å². The Balaban J connectivity index is 4.01. The molecule has 0 rings (SSSR count). The Morgan fingerprint density at radius 3 is 1.28 bits per heavy atom. The van der Waals surface area contributed by atoms with E-state index in [1.165, 1.54) is 205 Å². The zero-order valence-electron chi connectivity index (χ0n) is 44.0. The second-order valence-electron chi connectivity index (χ2n) is 20.3. The van der Waals surface area contributed by atoms with Crippen LogP contribution in [0.1, 0.15) is 271 Å². The Morgan fingerprint density at radius 2 is 0.846 bits per heavy atom. The fraction of sp³-hybridized carbons (Fsp3) is 0.911. The number of carbonyl (C=O) groups is 1. The van der Waals surface area contributed by atoms with Crippen LogP contribution in [0, 0.1) is 0 Å². The SMILES string of the molecule is CCCCC/C=C\C/C=C\CCCCCCCCCC(=O)OC(COCCCCCCCCCCCCCCCCCCCCCCCCCCCC)COP(=O)(O)OCC[N+](C)(C)C. The van der Waals surface area contributed by atoms with E-state index in [1.807, 2.05) is 21.1 Å². The van der Waals surface area contributed by atoms with E-state index in [2.05, 4.69) is 38.2 Å². The topological polar surface area (TPSA) is 91.3 Å². The first kappa shape index (κ1) is 64.0. The number of hydrogen-bond acceptors (Lipinski definition) is 6. The number of unbranched alkanes of at least 4 members (excludes halogenated alkanes) is 35. The molecule has 0 saturated carbocycles. The van der Waals surface area contributed by atoms with Gasteiger partial charge in [0.05, 0.1) is 34.4 Å². The quantitative estimate of drug-likeness (QED) is 0.0213. The average Bonchev–Trinajstić information content (AvgIpc) is 3.27. The summed E-state index contributed by atoms with van der Waals surface area (Å²) in [6.07, 6.45) is 59.6. The van der Waals surface area contributed by atoms with E-state index in [4.69, 9.17) is 18.5 Å². The summed E-state index contributed by atoms with van der Waals surface area (Å²) < 4.78 is 35.2. The fourth-order valence-corrected chi connectivity index (χ4v) is 8.92. The summed E-state index contributed by atoms with van der Waals surface area (Å²) in [5.74, 6) is -0.316. The number of quaternary nitrogens is 1. The number of allylic oxidation sites excluding steroid dienone is 4. The van der Waals surface area contributed by atoms with Gasteiger partial charge in [-0.25, -0.2) is 4.57 Å². The summed E-state index contributed by atoms with van der Waals surface area (Å²) in [6, 6.07) is 0. The number of hydrogen-bond donors (Lipinski definition) is 1. The molecule has 0 heterocycles. The lowest BCUT2D eigenvalue weighted by Crippen LogP contribution is -2.37. The molecule has 2 atom stereocenters. The van der Waals surface area contributed by atoms with Crippen LogP contribution in [-0.2, 0) is 27.9 Å². The van der Waals surface area contributed by atoms with Crippen molar-refractivity contribution in [2.24, 2.45) is 0 Å². The number of nitrogens with zero attached hydrogens (tertiary/aromatic N) is 1. The molecule has 0 aromatic heterocycles. The van der Waals surface area contributed by atoms with Crippen molar-refractivity contribution in [2.45, 2.75) is 277 Å². The summed E-state index contributed by atoms with van der Waals surface area (Å²) in [5.41, 5.74) is 0. The van der Waals surface area contributed by atoms with Gasteiger partial charge in [0, 0.05) is 13.0 Å². The minimum atomic E-state index is -4.28. The van der Waals surface area contributed by atoms with Gasteiger partial charge in [-0.3, -0.25) is 13.8 Å². The van der Waals surface area contributed by atoms with Gasteiger partial charge in [-0.05, 0) is 44.9 Å². The molecule has 0 amide bonds. The number of rotatable bonds is 53. The maximum atomic E-state index is 12.8. The molecule has 0 aliphatic heterocycles. The fourth-order valence-electron chi connectivity index (χ4n) is 8.17. The van der Waals surface area contributed by atoms with Crippen LogP contribution >= 0.6 is 7.82 Å². The van der Waals surface area contributed by atoms with E-state index in [-0.39, 0.29) is 25.8 Å². The van der Waals surface area contributed by atoms with Gasteiger partial charge < -0.3 is 18.9 Å². The summed E-state index contributed by atoms with van der Waals surface area (Å²) in [7, 11) is 1.68. The number of esters is 1. The van der Waals surface area contributed by atoms with Crippen molar-refractivity contribution < 1.29 is 37.3 Å². The van der Waals surface area contributed by atoms with Crippen LogP contribution in [0.3, 0.4) is 0 Å². The molecule has 65 heavy (non-hydrogen) atoms. The van der Waals surface area contributed by atoms with E-state index in [0.29, 0.717) is 24.1 Å². The molecule has 386 valence electrons. The number of ether oxygens (including phenoxy) is 2. The molecule has 8 nitrogen and oxygen atoms in total. The van der Waals surface area contributed by atoms with Crippen molar-refractivity contribution in [1.29, 1.82) is 0 Å². The van der Waals surface area contributed by atoms with Crippen LogP contribution in [0.5, 0.6) is 0 Å². The number of phosphoric ester groups is 1. The average molecular weight is 941 g/mol. The van der Waals surface area contributed by atoms with E-state index in [9.17, 15) is 14.3 Å². The van der Waals surface area contributed by atoms with Crippen molar-refractivity contribution in [3.8, 4) is 0 Å². The molecule has 1 N–H and O–H groups in total. The second-order valence-corrected chi connectivity index (χ2v) is 21.8. The highest BCUT2D eigenvalue weighted by Crippen LogP contribution is 2.43. The minimum Gasteiger partial charge on any atom is -0.457 e. The van der Waals surface area contributed by atoms with Gasteiger partial charge in [0.2, 0.25) is 0 Å². The highest BCUT2D eigenvalue weighted by molar-refractivity contribution is 7.47. The smallest absolute Gasteiger partial charge is 0.457 e. The van der Waals surface area contributed by atoms with Gasteiger partial charge in [0.15, 0.2) is 0 Å². The number of carbonyl (C=O) groups excluding carboxylic acids is 1. The van der Waals surface area contributed by atoms with Gasteiger partial charge in [0.1, 0.15) is 19.3 Å². The van der Waals surface area contributed by atoms with Crippen molar-refractivity contribution in [2.75, 3.05) is 54.1 Å². The van der Waals surface area contributed by atoms with Gasteiger partial charge >= 0.3 is 13.8 Å². The molecule has 0 aromatic carbocycles. The highest BCUT2D eigenvalue weighted by atomic mass is 31.2. The monoisotopic (exact) mass is 941 g/mol. The Morgan fingerprint density at radius 1 is 0.477 bits per heavy atom. The van der Waals surface area contributed by atoms with Gasteiger partial charge in [-0.2, -0.15) is 0 Å². The van der Waals surface area contributed by atoms with Crippen LogP contribution in [0.25, 0.3) is 0 Å². The number of likely N-dealkylation sites (N-methyl/N-ethyl adjacent to an activating group) is 1. The summed E-state index contributed by atoms with van der Waals surface area (Å²) in [5, 5.41) is 0. The largest absolute Gasteiger partial charge is 0.472 e. The van der Waals surface area contributed by atoms with Crippen LogP contribution in [0.15, 0.2) is 24.3 Å². The normalized spacial score (nSPS) is 13.6. The first-order valence-electron chi connectivity index (χ1n) is 28.1. The molecule has 0 fully saturated rings. The van der Waals surface area contributed by atoms with Crippen molar-refractivity contribution in [1.82, 2.24) is 0 Å². The molecule has 0 aliphatic carbocycles. The highest BCUT2D eigenvalue weighted by Gasteiger charge is 2.26. The third-order valence-electron chi connectivity index (χ3n) is 12.5. The molecule has 2 unspecified atom stereocenters. The van der Waals surface area contributed by atoms with Crippen LogP contribution in [-0.4, -0.2) is 75.6 Å². The standard InChI is InChI=1S/C56H110NO7P/c1-6-8-10-12-14-16-18-20-22-24-25-26-27-28-29-30-31-32-34-36-38-40-42-44-46-48-51-61-53-55(54-63-65(59,60)62-52-50-57(3,4)5)64-56(58)49-47-45-43-41-39-37-35-33-23-21-19-17-15-13-11-9-7-2/h15,17,21,23,55H,6-14,16,18-20,22,24-54H2,1-5H3/p+1/b17-15-,23-21-. The Labute approximate surface area is 404 Å². The summed E-state index contributed by atoms with van der Waals surface area (Å²) >= 11 is 0. The molecule has 0 saturated heterocycles. The predicted molar refractivity (Wildman–Crippen MR) is 280 cm³/mol. The van der Waals surface area contributed by atoms with E-state index >= 15 is 0 Å². The van der Waals surface area contributed by atoms with E-state index in [0.717, 1.165) is 44.9 Å². The predicted octanol–water partition coefficient (Wildman–Crippen LogP) is 17.5. The third-order valence-corrected chi connectivity index (χ3v) is 13.5. The third kappa shape index (κ3) is 53.8. The van der Waals surface area contributed by atoms with Crippen molar-refractivity contribution >= 4 is 13.8 Å². The van der Waals surface area contributed by atoms with Crippen molar-refractivity contribution in [3.63, 3.8) is 0 Å². The Kier molecular flexibility index (Phi) is 48.6. The summed E-state index contributed by atoms with van der Waals surface area (Å²) in [4.78, 5) is 23.0. The molecule has 9 heteroatoms. The Bertz CT molecular complexity index is 1090. The van der Waals surface area contributed by atoms with Crippen LogP contribution < -0.4 is 0 Å². The molecular weight excluding hydrogens is 830 g/mol. The Hall–Kier alpha value is -1.02. The van der Waals surface area contributed by atoms with Gasteiger partial charge in [0.25, 0.3) is 0 Å². The van der Waals surface area contributed by atoms with Gasteiger partial charge in [-0.1, -0.05) is 244 Å². The second kappa shape index (κ2) is 49.4. The molecular formula is C56H111NO7P+. The number of phosphoric acid groups is 1. The van der Waals surface area contributed by atoms with E-state index in [1.54, 1.807) is 0 Å². The minimum absolute atomic E-state index is 0.0893. The molecule has 0 bridgehead atoms. The first-order chi connectivity index (χ1) is 31.6. The van der Waals surface area contributed by atoms with Gasteiger partial charge in [-0.15, -0.1) is 0 Å². The maximum absolute atomic E-state index is 12.8. The van der Waals surface area contributed by atoms with Crippen molar-refractivity contribution in [3.05, 3.63) is 24.3 Å². The zero-order valence-corrected chi connectivity index (χ0v) is 44.9. The maximum Gasteiger partial charge on any atom is 0.472 e. The molecule has 0 aromatic rings. The first-order valence-corrected chi connectivity index (χ1v) is 29.6. The molecule has 0 radical (unpaired) electrons. The lowest BCUT2D eigenvalue weighted by molar-refractivity contribution is -0.870. The molecule has 0 aliphatic rings. The van der Waals surface area contributed by atoms with Crippen LogP contribution in [0.4, 0.5) is 0 Å². The molecule has 0 spiro atoms. The lowest BCUT2D eigenvalue weighted by Gasteiger charge is -2.24. The van der Waals surface area contributed by atoms with Crippen LogP contribution in [0.2, 0.25) is 0 Å². The lowest BCUT2D eigenvalue weighted by atomic mass is 10.0. The zero-order chi connectivity index (χ0) is 47.6. The summed E-state index contributed by atoms with van der Waals surface area (Å²) in [6.45, 7) is 5.65.